The second-order valence-electron chi connectivity index (χ2n) is 6.00. The summed E-state index contributed by atoms with van der Waals surface area (Å²) in [5.41, 5.74) is 0.990. The molecule has 0 radical (unpaired) electrons. The molecule has 0 saturated carbocycles. The molecule has 3 rings (SSSR count). The van der Waals surface area contributed by atoms with E-state index in [-0.39, 0.29) is 17.2 Å². The number of aromatic nitrogens is 2. The number of carbonyl (C=O) groups excluding carboxylic acids is 1. The van der Waals surface area contributed by atoms with Gasteiger partial charge in [0.25, 0.3) is 11.5 Å². The van der Waals surface area contributed by atoms with Crippen LogP contribution in [0.2, 0.25) is 0 Å². The Morgan fingerprint density at radius 1 is 1.00 bits per heavy atom. The lowest BCUT2D eigenvalue weighted by molar-refractivity contribution is -0.113. The van der Waals surface area contributed by atoms with Gasteiger partial charge in [0.2, 0.25) is 11.7 Å². The first-order valence-corrected chi connectivity index (χ1v) is 8.37. The summed E-state index contributed by atoms with van der Waals surface area (Å²) in [6.45, 7) is 3.34. The van der Waals surface area contributed by atoms with Crippen molar-refractivity contribution in [2.45, 2.75) is 13.8 Å². The highest BCUT2D eigenvalue weighted by Crippen LogP contribution is 2.39. The van der Waals surface area contributed by atoms with Crippen LogP contribution in [-0.4, -0.2) is 43.0 Å². The third kappa shape index (κ3) is 3.46. The Hall–Kier alpha value is -3.62. The third-order valence-corrected chi connectivity index (χ3v) is 4.09. The number of H-pyrrole nitrogens is 1. The number of aryl methyl sites for hydroxylation is 1. The first-order valence-electron chi connectivity index (χ1n) is 8.37. The van der Waals surface area contributed by atoms with E-state index in [1.54, 1.807) is 32.1 Å². The van der Waals surface area contributed by atoms with Gasteiger partial charge in [-0.1, -0.05) is 0 Å². The first kappa shape index (κ1) is 19.2. The Bertz CT molecular complexity index is 1030. The minimum absolute atomic E-state index is 0.129. The minimum atomic E-state index is -0.403. The van der Waals surface area contributed by atoms with E-state index in [1.807, 2.05) is 0 Å². The van der Waals surface area contributed by atoms with E-state index in [1.165, 1.54) is 32.3 Å². The number of amides is 1. The van der Waals surface area contributed by atoms with Gasteiger partial charge in [0.05, 0.1) is 21.3 Å². The van der Waals surface area contributed by atoms with E-state index >= 15 is 0 Å². The summed E-state index contributed by atoms with van der Waals surface area (Å²) in [4.78, 5) is 37.0. The van der Waals surface area contributed by atoms with Crippen LogP contribution in [0.4, 0.5) is 5.95 Å². The van der Waals surface area contributed by atoms with E-state index in [4.69, 9.17) is 14.2 Å². The highest BCUT2D eigenvalue weighted by atomic mass is 16.5. The van der Waals surface area contributed by atoms with E-state index < -0.39 is 5.91 Å². The zero-order valence-corrected chi connectivity index (χ0v) is 16.2. The fourth-order valence-corrected chi connectivity index (χ4v) is 2.89. The van der Waals surface area contributed by atoms with Gasteiger partial charge in [0.15, 0.2) is 11.5 Å². The average molecular weight is 384 g/mol. The molecule has 28 heavy (non-hydrogen) atoms. The molecule has 9 heteroatoms. The summed E-state index contributed by atoms with van der Waals surface area (Å²) in [5.74, 6) is 1.50. The Balaban J connectivity index is 2.03. The van der Waals surface area contributed by atoms with Crippen molar-refractivity contribution in [3.05, 3.63) is 45.5 Å². The molecule has 0 aliphatic carbocycles. The largest absolute Gasteiger partial charge is 0.493 e. The van der Waals surface area contributed by atoms with E-state index in [0.717, 1.165) is 0 Å². The van der Waals surface area contributed by atoms with Crippen LogP contribution in [0.1, 0.15) is 18.2 Å². The fraction of sp³-hybridized carbons (Fsp3) is 0.263. The topological polar surface area (TPSA) is 106 Å². The number of rotatable bonds is 5. The fourth-order valence-electron chi connectivity index (χ4n) is 2.89. The molecule has 1 aliphatic heterocycles. The van der Waals surface area contributed by atoms with Gasteiger partial charge < -0.3 is 14.2 Å². The third-order valence-electron chi connectivity index (χ3n) is 4.09. The van der Waals surface area contributed by atoms with Crippen molar-refractivity contribution in [1.29, 1.82) is 0 Å². The Morgan fingerprint density at radius 2 is 1.64 bits per heavy atom. The van der Waals surface area contributed by atoms with Crippen LogP contribution in [0, 0.1) is 6.92 Å². The predicted octanol–water partition coefficient (Wildman–Crippen LogP) is 1.91. The van der Waals surface area contributed by atoms with Crippen molar-refractivity contribution in [2.24, 2.45) is 4.99 Å². The molecule has 1 aliphatic rings. The molecule has 1 aromatic carbocycles. The lowest BCUT2D eigenvalue weighted by atomic mass is 10.1. The van der Waals surface area contributed by atoms with Gasteiger partial charge in [-0.25, -0.2) is 14.9 Å². The molecule has 146 valence electrons. The van der Waals surface area contributed by atoms with Crippen molar-refractivity contribution in [2.75, 3.05) is 26.2 Å². The standard InChI is InChI=1S/C19H20N4O5/c1-10-6-16(24)22-19(20-10)23-11(2)21-13(18(23)25)7-12-8-14(26-3)17(28-5)15(9-12)27-4/h6-9H,1-5H3,(H,20,22,24)/b13-7+. The van der Waals surface area contributed by atoms with Gasteiger partial charge in [-0.3, -0.25) is 14.6 Å². The van der Waals surface area contributed by atoms with Gasteiger partial charge in [-0.05, 0) is 37.6 Å². The molecule has 0 bridgehead atoms. The molecule has 0 unspecified atom stereocenters. The van der Waals surface area contributed by atoms with Crippen LogP contribution in [-0.2, 0) is 4.79 Å². The highest BCUT2D eigenvalue weighted by molar-refractivity contribution is 6.27. The summed E-state index contributed by atoms with van der Waals surface area (Å²) in [6.07, 6.45) is 1.60. The van der Waals surface area contributed by atoms with E-state index in [0.29, 0.717) is 34.3 Å². The lowest BCUT2D eigenvalue weighted by Crippen LogP contribution is -2.33. The number of hydrogen-bond donors (Lipinski definition) is 1. The molecular weight excluding hydrogens is 364 g/mol. The SMILES string of the molecule is COc1cc(/C=C2/N=C(C)N(c3nc(C)cc(=O)[nH]3)C2=O)cc(OC)c1OC. The van der Waals surface area contributed by atoms with Crippen LogP contribution >= 0.6 is 0 Å². The predicted molar refractivity (Wildman–Crippen MR) is 104 cm³/mol. The molecule has 0 spiro atoms. The number of nitrogens with zero attached hydrogens (tertiary/aromatic N) is 3. The van der Waals surface area contributed by atoms with Crippen molar-refractivity contribution in [3.8, 4) is 17.2 Å². The molecule has 1 amide bonds. The maximum absolute atomic E-state index is 12.9. The summed E-state index contributed by atoms with van der Waals surface area (Å²) in [6, 6.07) is 4.77. The van der Waals surface area contributed by atoms with E-state index in [9.17, 15) is 9.59 Å². The van der Waals surface area contributed by atoms with Crippen LogP contribution in [0.5, 0.6) is 17.2 Å². The van der Waals surface area contributed by atoms with Gasteiger partial charge in [-0.15, -0.1) is 0 Å². The monoisotopic (exact) mass is 384 g/mol. The maximum atomic E-state index is 12.9. The summed E-state index contributed by atoms with van der Waals surface area (Å²) in [5, 5.41) is 0. The zero-order chi connectivity index (χ0) is 20.4. The number of aromatic amines is 1. The summed E-state index contributed by atoms with van der Waals surface area (Å²) in [7, 11) is 4.54. The minimum Gasteiger partial charge on any atom is -0.493 e. The number of hydrogen-bond acceptors (Lipinski definition) is 7. The quantitative estimate of drug-likeness (QED) is 0.790. The van der Waals surface area contributed by atoms with Crippen LogP contribution in [0.25, 0.3) is 6.08 Å². The van der Waals surface area contributed by atoms with Gasteiger partial charge in [0, 0.05) is 11.8 Å². The molecule has 1 N–H and O–H groups in total. The first-order chi connectivity index (χ1) is 13.4. The average Bonchev–Trinajstić information content (AvgIpc) is 2.93. The second kappa shape index (κ2) is 7.55. The molecular formula is C19H20N4O5. The number of benzene rings is 1. The zero-order valence-electron chi connectivity index (χ0n) is 16.2. The normalized spacial score (nSPS) is 15.0. The van der Waals surface area contributed by atoms with Crippen LogP contribution in [0.15, 0.2) is 33.7 Å². The van der Waals surface area contributed by atoms with Gasteiger partial charge in [-0.2, -0.15) is 0 Å². The molecule has 0 saturated heterocycles. The number of carbonyl (C=O) groups is 1. The van der Waals surface area contributed by atoms with Crippen molar-refractivity contribution in [3.63, 3.8) is 0 Å². The van der Waals surface area contributed by atoms with Gasteiger partial charge >= 0.3 is 0 Å². The molecule has 2 heterocycles. The number of nitrogens with one attached hydrogen (secondary N) is 1. The molecule has 0 fully saturated rings. The molecule has 0 atom stereocenters. The number of ether oxygens (including phenoxy) is 3. The highest BCUT2D eigenvalue weighted by Gasteiger charge is 2.31. The number of anilines is 1. The summed E-state index contributed by atoms with van der Waals surface area (Å²) < 4.78 is 16.0. The van der Waals surface area contributed by atoms with Crippen molar-refractivity contribution < 1.29 is 19.0 Å². The molecule has 9 nitrogen and oxygen atoms in total. The van der Waals surface area contributed by atoms with Crippen molar-refractivity contribution >= 4 is 23.8 Å². The number of aliphatic imine (C=N–C) groups is 1. The smallest absolute Gasteiger partial charge is 0.284 e. The lowest BCUT2D eigenvalue weighted by Gasteiger charge is -2.14. The Labute approximate surface area is 161 Å². The van der Waals surface area contributed by atoms with E-state index in [2.05, 4.69) is 15.0 Å². The van der Waals surface area contributed by atoms with Crippen molar-refractivity contribution in [1.82, 2.24) is 9.97 Å². The Morgan fingerprint density at radius 3 is 2.18 bits per heavy atom. The second-order valence-corrected chi connectivity index (χ2v) is 6.00. The van der Waals surface area contributed by atoms with Crippen LogP contribution < -0.4 is 24.7 Å². The summed E-state index contributed by atoms with van der Waals surface area (Å²) >= 11 is 0. The number of amidine groups is 1. The molecule has 2 aromatic rings. The maximum Gasteiger partial charge on any atom is 0.284 e. The number of methoxy groups -OCH3 is 3. The molecule has 1 aromatic heterocycles. The van der Waals surface area contributed by atoms with Crippen LogP contribution in [0.3, 0.4) is 0 Å². The van der Waals surface area contributed by atoms with Gasteiger partial charge in [0.1, 0.15) is 11.5 Å². The Kier molecular flexibility index (Phi) is 5.16.